The molecule has 0 aromatic heterocycles. The Morgan fingerprint density at radius 2 is 1.68 bits per heavy atom. The standard InChI is InChI=1S/C21H17N/c1-21(2)13-12-18(15-22)19-14-17(10-11-20(19)21)9-8-16-6-4-3-5-7-16/h3-7,10-12,14H,13H2,1-2H3. The molecule has 2 aromatic carbocycles. The van der Waals surface area contributed by atoms with E-state index in [1.165, 1.54) is 5.56 Å². The maximum atomic E-state index is 9.35. The smallest absolute Gasteiger partial charge is 0.0994 e. The van der Waals surface area contributed by atoms with Gasteiger partial charge in [-0.05, 0) is 47.2 Å². The average molecular weight is 283 g/mol. The van der Waals surface area contributed by atoms with Crippen LogP contribution in [0.1, 0.15) is 42.5 Å². The Morgan fingerprint density at radius 3 is 2.41 bits per heavy atom. The fourth-order valence-corrected chi connectivity index (χ4v) is 2.78. The van der Waals surface area contributed by atoms with E-state index in [1.54, 1.807) is 0 Å². The van der Waals surface area contributed by atoms with Gasteiger partial charge in [-0.2, -0.15) is 5.26 Å². The van der Waals surface area contributed by atoms with Gasteiger partial charge in [0, 0.05) is 11.1 Å². The molecule has 0 fully saturated rings. The van der Waals surface area contributed by atoms with Crippen LogP contribution < -0.4 is 0 Å². The van der Waals surface area contributed by atoms with Gasteiger partial charge in [0.2, 0.25) is 0 Å². The highest BCUT2D eigenvalue weighted by Gasteiger charge is 2.27. The minimum absolute atomic E-state index is 0.0705. The zero-order valence-corrected chi connectivity index (χ0v) is 12.9. The number of rotatable bonds is 0. The van der Waals surface area contributed by atoms with Gasteiger partial charge in [0.15, 0.2) is 0 Å². The maximum absolute atomic E-state index is 9.35. The van der Waals surface area contributed by atoms with E-state index in [0.717, 1.165) is 28.7 Å². The Hall–Kier alpha value is -2.77. The molecule has 106 valence electrons. The monoisotopic (exact) mass is 283 g/mol. The highest BCUT2D eigenvalue weighted by atomic mass is 14.3. The number of nitrogens with zero attached hydrogens (tertiary/aromatic N) is 1. The molecule has 0 N–H and O–H groups in total. The van der Waals surface area contributed by atoms with Gasteiger partial charge in [0.1, 0.15) is 0 Å². The summed E-state index contributed by atoms with van der Waals surface area (Å²) < 4.78 is 0. The second kappa shape index (κ2) is 5.55. The van der Waals surface area contributed by atoms with E-state index in [2.05, 4.69) is 43.9 Å². The first kappa shape index (κ1) is 14.2. The van der Waals surface area contributed by atoms with Crippen molar-refractivity contribution >= 4 is 5.57 Å². The van der Waals surface area contributed by atoms with Crippen molar-refractivity contribution in [2.45, 2.75) is 25.7 Å². The van der Waals surface area contributed by atoms with Crippen molar-refractivity contribution in [1.29, 1.82) is 5.26 Å². The predicted molar refractivity (Wildman–Crippen MR) is 90.1 cm³/mol. The minimum atomic E-state index is 0.0705. The normalized spacial score (nSPS) is 14.9. The third-order valence-electron chi connectivity index (χ3n) is 4.10. The Balaban J connectivity index is 2.03. The Bertz CT molecular complexity index is 837. The highest BCUT2D eigenvalue weighted by molar-refractivity contribution is 5.81. The molecule has 3 rings (SSSR count). The molecule has 1 heteroatoms. The molecular weight excluding hydrogens is 266 g/mol. The van der Waals surface area contributed by atoms with Crippen LogP contribution in [0.2, 0.25) is 0 Å². The summed E-state index contributed by atoms with van der Waals surface area (Å²) in [5.74, 6) is 6.37. The minimum Gasteiger partial charge on any atom is -0.192 e. The number of hydrogen-bond acceptors (Lipinski definition) is 1. The zero-order valence-electron chi connectivity index (χ0n) is 12.9. The van der Waals surface area contributed by atoms with Crippen LogP contribution in [0.15, 0.2) is 54.6 Å². The van der Waals surface area contributed by atoms with Crippen LogP contribution in [0.25, 0.3) is 5.57 Å². The lowest BCUT2D eigenvalue weighted by Gasteiger charge is -2.30. The topological polar surface area (TPSA) is 23.8 Å². The first-order chi connectivity index (χ1) is 10.6. The van der Waals surface area contributed by atoms with Gasteiger partial charge in [0.05, 0.1) is 11.6 Å². The Morgan fingerprint density at radius 1 is 0.955 bits per heavy atom. The van der Waals surface area contributed by atoms with E-state index in [4.69, 9.17) is 0 Å². The number of benzene rings is 2. The van der Waals surface area contributed by atoms with E-state index in [0.29, 0.717) is 0 Å². The fourth-order valence-electron chi connectivity index (χ4n) is 2.78. The quantitative estimate of drug-likeness (QED) is 0.644. The molecule has 1 aliphatic rings. The summed E-state index contributed by atoms with van der Waals surface area (Å²) in [7, 11) is 0. The third-order valence-corrected chi connectivity index (χ3v) is 4.10. The first-order valence-electron chi connectivity index (χ1n) is 7.42. The molecule has 0 aliphatic heterocycles. The van der Waals surface area contributed by atoms with Crippen LogP contribution in [0.4, 0.5) is 0 Å². The van der Waals surface area contributed by atoms with Gasteiger partial charge in [-0.25, -0.2) is 0 Å². The molecular formula is C21H17N. The predicted octanol–water partition coefficient (Wildman–Crippen LogP) is 4.67. The molecule has 1 aliphatic carbocycles. The SMILES string of the molecule is CC1(C)CC=C(C#N)c2cc(C#Cc3ccccc3)ccc21. The lowest BCUT2D eigenvalue weighted by molar-refractivity contribution is 0.527. The van der Waals surface area contributed by atoms with Crippen LogP contribution in [-0.2, 0) is 5.41 Å². The van der Waals surface area contributed by atoms with Crippen molar-refractivity contribution in [3.05, 3.63) is 76.9 Å². The van der Waals surface area contributed by atoms with E-state index >= 15 is 0 Å². The van der Waals surface area contributed by atoms with Crippen LogP contribution in [0.5, 0.6) is 0 Å². The van der Waals surface area contributed by atoms with E-state index in [1.807, 2.05) is 42.5 Å². The summed E-state index contributed by atoms with van der Waals surface area (Å²) in [6.07, 6.45) is 2.94. The van der Waals surface area contributed by atoms with Crippen molar-refractivity contribution in [3.63, 3.8) is 0 Å². The van der Waals surface area contributed by atoms with Crippen molar-refractivity contribution in [2.75, 3.05) is 0 Å². The third kappa shape index (κ3) is 2.67. The van der Waals surface area contributed by atoms with E-state index < -0.39 is 0 Å². The second-order valence-corrected chi connectivity index (χ2v) is 6.19. The van der Waals surface area contributed by atoms with Gasteiger partial charge < -0.3 is 0 Å². The summed E-state index contributed by atoms with van der Waals surface area (Å²) in [5.41, 5.74) is 5.03. The zero-order chi connectivity index (χ0) is 15.6. The summed E-state index contributed by atoms with van der Waals surface area (Å²) in [5, 5.41) is 9.35. The molecule has 0 saturated heterocycles. The van der Waals surface area contributed by atoms with Crippen LogP contribution in [0, 0.1) is 23.2 Å². The largest absolute Gasteiger partial charge is 0.192 e. The molecule has 0 atom stereocenters. The summed E-state index contributed by atoms with van der Waals surface area (Å²) in [6, 6.07) is 18.5. The summed E-state index contributed by atoms with van der Waals surface area (Å²) in [6.45, 7) is 4.43. The number of fused-ring (bicyclic) bond motifs is 1. The van der Waals surface area contributed by atoms with Crippen LogP contribution >= 0.6 is 0 Å². The lowest BCUT2D eigenvalue weighted by Crippen LogP contribution is -2.21. The lowest BCUT2D eigenvalue weighted by atomic mass is 9.73. The molecule has 0 saturated carbocycles. The van der Waals surface area contributed by atoms with Crippen molar-refractivity contribution in [1.82, 2.24) is 0 Å². The molecule has 0 heterocycles. The van der Waals surface area contributed by atoms with Crippen LogP contribution in [-0.4, -0.2) is 0 Å². The van der Waals surface area contributed by atoms with Gasteiger partial charge in [-0.1, -0.05) is 56.0 Å². The maximum Gasteiger partial charge on any atom is 0.0994 e. The van der Waals surface area contributed by atoms with Crippen molar-refractivity contribution in [3.8, 4) is 17.9 Å². The molecule has 0 amide bonds. The number of allylic oxidation sites excluding steroid dienone is 2. The van der Waals surface area contributed by atoms with Gasteiger partial charge in [-0.3, -0.25) is 0 Å². The van der Waals surface area contributed by atoms with Gasteiger partial charge in [0.25, 0.3) is 0 Å². The summed E-state index contributed by atoms with van der Waals surface area (Å²) >= 11 is 0. The van der Waals surface area contributed by atoms with E-state index in [-0.39, 0.29) is 5.41 Å². The average Bonchev–Trinajstić information content (AvgIpc) is 2.54. The molecule has 0 radical (unpaired) electrons. The fraction of sp³-hybridized carbons (Fsp3) is 0.190. The van der Waals surface area contributed by atoms with Crippen LogP contribution in [0.3, 0.4) is 0 Å². The molecule has 1 nitrogen and oxygen atoms in total. The molecule has 0 bridgehead atoms. The molecule has 2 aromatic rings. The molecule has 22 heavy (non-hydrogen) atoms. The van der Waals surface area contributed by atoms with Crippen molar-refractivity contribution in [2.24, 2.45) is 0 Å². The Labute approximate surface area is 131 Å². The van der Waals surface area contributed by atoms with Gasteiger partial charge in [-0.15, -0.1) is 0 Å². The highest BCUT2D eigenvalue weighted by Crippen LogP contribution is 2.38. The number of hydrogen-bond donors (Lipinski definition) is 0. The molecule has 0 unspecified atom stereocenters. The van der Waals surface area contributed by atoms with E-state index in [9.17, 15) is 5.26 Å². The summed E-state index contributed by atoms with van der Waals surface area (Å²) in [4.78, 5) is 0. The second-order valence-electron chi connectivity index (χ2n) is 6.19. The Kier molecular flexibility index (Phi) is 3.58. The van der Waals surface area contributed by atoms with Gasteiger partial charge >= 0.3 is 0 Å². The molecule has 0 spiro atoms. The first-order valence-corrected chi connectivity index (χ1v) is 7.42. The number of nitriles is 1. The van der Waals surface area contributed by atoms with Crippen molar-refractivity contribution < 1.29 is 0 Å².